The Hall–Kier alpha value is -3.40. The normalized spacial score (nSPS) is 10.5. The van der Waals surface area contributed by atoms with Gasteiger partial charge < -0.3 is 4.74 Å². The van der Waals surface area contributed by atoms with E-state index in [1.165, 1.54) is 41.7 Å². The summed E-state index contributed by atoms with van der Waals surface area (Å²) in [6, 6.07) is 13.8. The van der Waals surface area contributed by atoms with Crippen molar-refractivity contribution in [3.05, 3.63) is 75.6 Å². The SMILES string of the molecule is COc1ccc(C(=O)Nn2c(C)nnc2SCc2ccccc2)cc1[N+](=O)[O-]. The van der Waals surface area contributed by atoms with E-state index in [2.05, 4.69) is 15.6 Å². The Kier molecular flexibility index (Phi) is 5.90. The van der Waals surface area contributed by atoms with Gasteiger partial charge in [0, 0.05) is 17.4 Å². The van der Waals surface area contributed by atoms with E-state index in [0.29, 0.717) is 16.7 Å². The lowest BCUT2D eigenvalue weighted by Gasteiger charge is -2.10. The molecule has 1 aromatic heterocycles. The first-order valence-electron chi connectivity index (χ1n) is 8.22. The van der Waals surface area contributed by atoms with Gasteiger partial charge in [-0.15, -0.1) is 10.2 Å². The molecular weight excluding hydrogens is 382 g/mol. The Morgan fingerprint density at radius 1 is 1.25 bits per heavy atom. The largest absolute Gasteiger partial charge is 0.490 e. The quantitative estimate of drug-likeness (QED) is 0.369. The average molecular weight is 399 g/mol. The third kappa shape index (κ3) is 4.29. The van der Waals surface area contributed by atoms with Crippen LogP contribution in [0.1, 0.15) is 21.7 Å². The highest BCUT2D eigenvalue weighted by Crippen LogP contribution is 2.28. The van der Waals surface area contributed by atoms with E-state index >= 15 is 0 Å². The van der Waals surface area contributed by atoms with Crippen molar-refractivity contribution in [3.8, 4) is 5.75 Å². The van der Waals surface area contributed by atoms with E-state index in [1.807, 2.05) is 30.3 Å². The molecule has 3 aromatic rings. The van der Waals surface area contributed by atoms with Gasteiger partial charge in [0.15, 0.2) is 5.75 Å². The molecule has 0 bridgehead atoms. The van der Waals surface area contributed by atoms with Gasteiger partial charge in [-0.3, -0.25) is 20.3 Å². The molecule has 9 nitrogen and oxygen atoms in total. The van der Waals surface area contributed by atoms with Crippen LogP contribution in [0.15, 0.2) is 53.7 Å². The fraction of sp³-hybridized carbons (Fsp3) is 0.167. The van der Waals surface area contributed by atoms with Gasteiger partial charge in [-0.25, -0.2) is 4.68 Å². The molecule has 0 saturated heterocycles. The van der Waals surface area contributed by atoms with Crippen LogP contribution in [0.4, 0.5) is 5.69 Å². The van der Waals surface area contributed by atoms with Gasteiger partial charge >= 0.3 is 5.69 Å². The second-order valence-electron chi connectivity index (χ2n) is 5.72. The summed E-state index contributed by atoms with van der Waals surface area (Å²) >= 11 is 1.42. The number of benzene rings is 2. The molecule has 28 heavy (non-hydrogen) atoms. The molecule has 0 aliphatic carbocycles. The predicted octanol–water partition coefficient (Wildman–Crippen LogP) is 3.18. The van der Waals surface area contributed by atoms with Crippen molar-refractivity contribution >= 4 is 23.4 Å². The number of hydrogen-bond donors (Lipinski definition) is 1. The van der Waals surface area contributed by atoms with Gasteiger partial charge in [-0.1, -0.05) is 42.1 Å². The van der Waals surface area contributed by atoms with E-state index in [-0.39, 0.29) is 17.0 Å². The second kappa shape index (κ2) is 8.53. The summed E-state index contributed by atoms with van der Waals surface area (Å²) in [6.07, 6.45) is 0. The number of carbonyl (C=O) groups is 1. The average Bonchev–Trinajstić information content (AvgIpc) is 3.06. The number of nitro benzene ring substituents is 1. The molecule has 1 N–H and O–H groups in total. The Balaban J connectivity index is 1.78. The van der Waals surface area contributed by atoms with E-state index in [1.54, 1.807) is 6.92 Å². The Labute approximate surface area is 164 Å². The molecular formula is C18H17N5O4S. The van der Waals surface area contributed by atoms with E-state index in [0.717, 1.165) is 5.56 Å². The minimum Gasteiger partial charge on any atom is -0.490 e. The second-order valence-corrected chi connectivity index (χ2v) is 6.67. The van der Waals surface area contributed by atoms with Gasteiger partial charge in [0.05, 0.1) is 12.0 Å². The molecule has 0 unspecified atom stereocenters. The predicted molar refractivity (Wildman–Crippen MR) is 104 cm³/mol. The Bertz CT molecular complexity index is 1010. The fourth-order valence-electron chi connectivity index (χ4n) is 2.43. The standard InChI is InChI=1S/C18H17N5O4S/c1-12-19-20-18(28-11-13-6-4-3-5-7-13)22(12)21-17(24)14-8-9-16(27-2)15(10-14)23(25)26/h3-10H,11H2,1-2H3,(H,21,24). The minimum absolute atomic E-state index is 0.0844. The first-order valence-corrected chi connectivity index (χ1v) is 9.20. The lowest BCUT2D eigenvalue weighted by molar-refractivity contribution is -0.385. The van der Waals surface area contributed by atoms with Crippen LogP contribution >= 0.6 is 11.8 Å². The number of ether oxygens (including phenoxy) is 1. The van der Waals surface area contributed by atoms with Gasteiger partial charge in [-0.05, 0) is 24.6 Å². The first-order chi connectivity index (χ1) is 13.5. The molecule has 3 rings (SSSR count). The van der Waals surface area contributed by atoms with Crippen molar-refractivity contribution in [1.82, 2.24) is 14.9 Å². The summed E-state index contributed by atoms with van der Waals surface area (Å²) in [7, 11) is 1.33. The zero-order valence-corrected chi connectivity index (χ0v) is 16.0. The van der Waals surface area contributed by atoms with Crippen molar-refractivity contribution in [1.29, 1.82) is 0 Å². The van der Waals surface area contributed by atoms with Crippen LogP contribution in [0.3, 0.4) is 0 Å². The highest BCUT2D eigenvalue weighted by atomic mass is 32.2. The zero-order valence-electron chi connectivity index (χ0n) is 15.2. The number of nitrogens with zero attached hydrogens (tertiary/aromatic N) is 4. The van der Waals surface area contributed by atoms with Crippen molar-refractivity contribution in [3.63, 3.8) is 0 Å². The lowest BCUT2D eigenvalue weighted by Crippen LogP contribution is -2.24. The minimum atomic E-state index is -0.596. The van der Waals surface area contributed by atoms with Crippen molar-refractivity contribution in [2.75, 3.05) is 12.5 Å². The smallest absolute Gasteiger partial charge is 0.311 e. The number of methoxy groups -OCH3 is 1. The summed E-state index contributed by atoms with van der Waals surface area (Å²) in [6.45, 7) is 1.70. The summed E-state index contributed by atoms with van der Waals surface area (Å²) in [5.41, 5.74) is 3.63. The highest BCUT2D eigenvalue weighted by molar-refractivity contribution is 7.98. The van der Waals surface area contributed by atoms with Gasteiger partial charge in [0.25, 0.3) is 5.91 Å². The van der Waals surface area contributed by atoms with E-state index in [9.17, 15) is 14.9 Å². The van der Waals surface area contributed by atoms with E-state index < -0.39 is 10.8 Å². The first kappa shape index (κ1) is 19.4. The number of nitrogens with one attached hydrogen (secondary N) is 1. The van der Waals surface area contributed by atoms with E-state index in [4.69, 9.17) is 4.74 Å². The Morgan fingerprint density at radius 3 is 2.68 bits per heavy atom. The van der Waals surface area contributed by atoms with Crippen molar-refractivity contribution in [2.24, 2.45) is 0 Å². The summed E-state index contributed by atoms with van der Waals surface area (Å²) in [5.74, 6) is 0.714. The number of amides is 1. The van der Waals surface area contributed by atoms with Crippen LogP contribution < -0.4 is 10.2 Å². The van der Waals surface area contributed by atoms with Crippen molar-refractivity contribution in [2.45, 2.75) is 17.8 Å². The maximum absolute atomic E-state index is 12.6. The summed E-state index contributed by atoms with van der Waals surface area (Å²) in [5, 5.41) is 19.8. The number of aromatic nitrogens is 3. The Morgan fingerprint density at radius 2 is 2.00 bits per heavy atom. The third-order valence-corrected chi connectivity index (χ3v) is 4.86. The lowest BCUT2D eigenvalue weighted by atomic mass is 10.2. The van der Waals surface area contributed by atoms with Crippen LogP contribution in [0.5, 0.6) is 5.75 Å². The molecule has 0 fully saturated rings. The number of carbonyl (C=O) groups excluding carboxylic acids is 1. The molecule has 0 spiro atoms. The van der Waals surface area contributed by atoms with Crippen molar-refractivity contribution < 1.29 is 14.5 Å². The van der Waals surface area contributed by atoms with Crippen LogP contribution in [0.2, 0.25) is 0 Å². The molecule has 10 heteroatoms. The molecule has 2 aromatic carbocycles. The van der Waals surface area contributed by atoms with Gasteiger partial charge in [0.1, 0.15) is 5.82 Å². The molecule has 0 aliphatic rings. The topological polar surface area (TPSA) is 112 Å². The monoisotopic (exact) mass is 399 g/mol. The van der Waals surface area contributed by atoms with Crippen LogP contribution in [-0.2, 0) is 5.75 Å². The van der Waals surface area contributed by atoms with Crippen LogP contribution in [0.25, 0.3) is 0 Å². The maximum Gasteiger partial charge on any atom is 0.311 e. The fourth-order valence-corrected chi connectivity index (χ4v) is 3.32. The number of rotatable bonds is 7. The number of aryl methyl sites for hydroxylation is 1. The van der Waals surface area contributed by atoms with Crippen LogP contribution in [0, 0.1) is 17.0 Å². The van der Waals surface area contributed by atoms with Gasteiger partial charge in [0.2, 0.25) is 5.16 Å². The molecule has 0 atom stereocenters. The highest BCUT2D eigenvalue weighted by Gasteiger charge is 2.20. The third-order valence-electron chi connectivity index (χ3n) is 3.86. The number of thioether (sulfide) groups is 1. The summed E-state index contributed by atoms with van der Waals surface area (Å²) in [4.78, 5) is 23.2. The maximum atomic E-state index is 12.6. The molecule has 0 aliphatic heterocycles. The molecule has 144 valence electrons. The van der Waals surface area contributed by atoms with Gasteiger partial charge in [-0.2, -0.15) is 0 Å². The molecule has 0 radical (unpaired) electrons. The number of nitro groups is 1. The molecule has 1 heterocycles. The zero-order chi connectivity index (χ0) is 20.1. The molecule has 1 amide bonds. The number of hydrogen-bond acceptors (Lipinski definition) is 7. The molecule has 0 saturated carbocycles. The van der Waals surface area contributed by atoms with Crippen LogP contribution in [-0.4, -0.2) is 32.8 Å². The summed E-state index contributed by atoms with van der Waals surface area (Å²) < 4.78 is 6.42.